The number of thiocarbonyl (C=S) groups is 1. The Morgan fingerprint density at radius 2 is 1.78 bits per heavy atom. The number of sulfonamides is 1. The highest BCUT2D eigenvalue weighted by atomic mass is 32.2. The van der Waals surface area contributed by atoms with Crippen LogP contribution in [0.5, 0.6) is 0 Å². The molecule has 1 amide bonds. The Balaban J connectivity index is 2.01. The molecular formula is C13H18N4O4S2. The SMILES string of the molecule is CC(=O)NNC(=S)Nc1ccc(S(=O)(=O)N2CCOCC2)cc1. The van der Waals surface area contributed by atoms with Crippen LogP contribution in [0.2, 0.25) is 0 Å². The fourth-order valence-electron chi connectivity index (χ4n) is 1.95. The second-order valence-corrected chi connectivity index (χ2v) is 7.15. The molecule has 1 aliphatic rings. The minimum atomic E-state index is -3.51. The number of nitrogens with zero attached hydrogens (tertiary/aromatic N) is 1. The summed E-state index contributed by atoms with van der Waals surface area (Å²) in [5.41, 5.74) is 5.45. The molecule has 1 aliphatic heterocycles. The molecule has 8 nitrogen and oxygen atoms in total. The highest BCUT2D eigenvalue weighted by molar-refractivity contribution is 7.89. The standard InChI is InChI=1S/C13H18N4O4S2/c1-10(18)15-16-13(22)14-11-2-4-12(5-3-11)23(19,20)17-6-8-21-9-7-17/h2-5H,6-9H2,1H3,(H,15,18)(H2,14,16,22). The lowest BCUT2D eigenvalue weighted by Gasteiger charge is -2.26. The van der Waals surface area contributed by atoms with E-state index in [1.54, 1.807) is 12.1 Å². The zero-order chi connectivity index (χ0) is 16.9. The van der Waals surface area contributed by atoms with Crippen molar-refractivity contribution in [3.63, 3.8) is 0 Å². The van der Waals surface area contributed by atoms with E-state index in [0.29, 0.717) is 32.0 Å². The van der Waals surface area contributed by atoms with Gasteiger partial charge in [0, 0.05) is 25.7 Å². The van der Waals surface area contributed by atoms with Gasteiger partial charge in [-0.25, -0.2) is 8.42 Å². The predicted octanol–water partition coefficient (Wildman–Crippen LogP) is 0.0450. The second kappa shape index (κ2) is 7.68. The Hall–Kier alpha value is -1.75. The van der Waals surface area contributed by atoms with Crippen molar-refractivity contribution in [2.75, 3.05) is 31.6 Å². The van der Waals surface area contributed by atoms with Gasteiger partial charge in [-0.1, -0.05) is 0 Å². The molecule has 3 N–H and O–H groups in total. The Morgan fingerprint density at radius 3 is 2.35 bits per heavy atom. The summed E-state index contributed by atoms with van der Waals surface area (Å²) in [5, 5.41) is 3.03. The summed E-state index contributed by atoms with van der Waals surface area (Å²) in [6.45, 7) is 2.87. The van der Waals surface area contributed by atoms with Gasteiger partial charge in [-0.2, -0.15) is 4.31 Å². The summed E-state index contributed by atoms with van der Waals surface area (Å²) in [4.78, 5) is 11.0. The van der Waals surface area contributed by atoms with Crippen molar-refractivity contribution < 1.29 is 17.9 Å². The largest absolute Gasteiger partial charge is 0.379 e. The van der Waals surface area contributed by atoms with Crippen LogP contribution in [0.15, 0.2) is 29.2 Å². The van der Waals surface area contributed by atoms with Crippen LogP contribution in [0.1, 0.15) is 6.92 Å². The van der Waals surface area contributed by atoms with Crippen molar-refractivity contribution in [3.05, 3.63) is 24.3 Å². The normalized spacial score (nSPS) is 15.7. The molecule has 0 unspecified atom stereocenters. The summed E-state index contributed by atoms with van der Waals surface area (Å²) in [6.07, 6.45) is 0. The first-order chi connectivity index (χ1) is 10.9. The van der Waals surface area contributed by atoms with E-state index in [-0.39, 0.29) is 15.9 Å². The number of amides is 1. The summed E-state index contributed by atoms with van der Waals surface area (Å²) in [5.74, 6) is -0.277. The predicted molar refractivity (Wildman–Crippen MR) is 89.2 cm³/mol. The van der Waals surface area contributed by atoms with Crippen molar-refractivity contribution in [2.24, 2.45) is 0 Å². The van der Waals surface area contributed by atoms with Gasteiger partial charge in [0.1, 0.15) is 0 Å². The first kappa shape index (κ1) is 17.6. The van der Waals surface area contributed by atoms with E-state index >= 15 is 0 Å². The molecule has 0 bridgehead atoms. The lowest BCUT2D eigenvalue weighted by Crippen LogP contribution is -2.42. The van der Waals surface area contributed by atoms with Gasteiger partial charge in [-0.15, -0.1) is 0 Å². The van der Waals surface area contributed by atoms with Crippen LogP contribution < -0.4 is 16.2 Å². The minimum absolute atomic E-state index is 0.198. The maximum Gasteiger partial charge on any atom is 0.243 e. The van der Waals surface area contributed by atoms with Crippen molar-refractivity contribution in [3.8, 4) is 0 Å². The average Bonchev–Trinajstić information content (AvgIpc) is 2.54. The van der Waals surface area contributed by atoms with Crippen LogP contribution in [0.25, 0.3) is 0 Å². The van der Waals surface area contributed by atoms with Crippen LogP contribution >= 0.6 is 12.2 Å². The summed E-state index contributed by atoms with van der Waals surface area (Å²) in [6, 6.07) is 6.23. The smallest absolute Gasteiger partial charge is 0.243 e. The van der Waals surface area contributed by atoms with Gasteiger partial charge < -0.3 is 10.1 Å². The van der Waals surface area contributed by atoms with E-state index < -0.39 is 10.0 Å². The molecule has 2 rings (SSSR count). The number of hydrazine groups is 1. The molecule has 0 aromatic heterocycles. The molecule has 1 fully saturated rings. The molecule has 126 valence electrons. The molecule has 10 heteroatoms. The van der Waals surface area contributed by atoms with Gasteiger partial charge in [-0.3, -0.25) is 15.6 Å². The molecule has 1 aromatic rings. The zero-order valence-corrected chi connectivity index (χ0v) is 14.2. The van der Waals surface area contributed by atoms with Crippen LogP contribution in [-0.4, -0.2) is 50.0 Å². The Kier molecular flexibility index (Phi) is 5.88. The topological polar surface area (TPSA) is 99.8 Å². The zero-order valence-electron chi connectivity index (χ0n) is 12.5. The molecule has 1 saturated heterocycles. The maximum atomic E-state index is 12.5. The van der Waals surface area contributed by atoms with Gasteiger partial charge in [0.05, 0.1) is 18.1 Å². The Bertz CT molecular complexity index is 670. The van der Waals surface area contributed by atoms with Crippen molar-refractivity contribution in [1.29, 1.82) is 0 Å². The number of ether oxygens (including phenoxy) is 1. The van der Waals surface area contributed by atoms with Crippen LogP contribution in [0.3, 0.4) is 0 Å². The van der Waals surface area contributed by atoms with Gasteiger partial charge in [0.15, 0.2) is 5.11 Å². The molecule has 0 saturated carbocycles. The number of nitrogens with one attached hydrogen (secondary N) is 3. The van der Waals surface area contributed by atoms with Gasteiger partial charge in [0.25, 0.3) is 0 Å². The van der Waals surface area contributed by atoms with Crippen molar-refractivity contribution >= 4 is 38.9 Å². The van der Waals surface area contributed by atoms with E-state index in [1.807, 2.05) is 0 Å². The second-order valence-electron chi connectivity index (χ2n) is 4.80. The van der Waals surface area contributed by atoms with Gasteiger partial charge in [0.2, 0.25) is 15.9 Å². The van der Waals surface area contributed by atoms with Crippen LogP contribution in [0.4, 0.5) is 5.69 Å². The summed E-state index contributed by atoms with van der Waals surface area (Å²) in [7, 11) is -3.51. The molecule has 0 atom stereocenters. The third kappa shape index (κ3) is 4.86. The van der Waals surface area contributed by atoms with E-state index in [4.69, 9.17) is 17.0 Å². The fraction of sp³-hybridized carbons (Fsp3) is 0.385. The van der Waals surface area contributed by atoms with E-state index in [2.05, 4.69) is 16.2 Å². The first-order valence-electron chi connectivity index (χ1n) is 6.91. The van der Waals surface area contributed by atoms with E-state index in [9.17, 15) is 13.2 Å². The van der Waals surface area contributed by atoms with Crippen LogP contribution in [0, 0.1) is 0 Å². The third-order valence-corrected chi connectivity index (χ3v) is 5.19. The maximum absolute atomic E-state index is 12.5. The number of anilines is 1. The van der Waals surface area contributed by atoms with Crippen molar-refractivity contribution in [1.82, 2.24) is 15.2 Å². The average molecular weight is 358 g/mol. The van der Waals surface area contributed by atoms with Gasteiger partial charge >= 0.3 is 0 Å². The molecule has 23 heavy (non-hydrogen) atoms. The van der Waals surface area contributed by atoms with Crippen molar-refractivity contribution in [2.45, 2.75) is 11.8 Å². The number of rotatable bonds is 3. The molecule has 0 aliphatic carbocycles. The Morgan fingerprint density at radius 1 is 1.17 bits per heavy atom. The number of carbonyl (C=O) groups excluding carboxylic acids is 1. The third-order valence-electron chi connectivity index (χ3n) is 3.07. The quantitative estimate of drug-likeness (QED) is 0.518. The number of benzene rings is 1. The number of morpholine rings is 1. The van der Waals surface area contributed by atoms with E-state index in [1.165, 1.54) is 23.4 Å². The highest BCUT2D eigenvalue weighted by Gasteiger charge is 2.26. The fourth-order valence-corrected chi connectivity index (χ4v) is 3.53. The molecular weight excluding hydrogens is 340 g/mol. The molecule has 1 aromatic carbocycles. The number of carbonyl (C=O) groups is 1. The minimum Gasteiger partial charge on any atom is -0.379 e. The molecule has 0 spiro atoms. The molecule has 0 radical (unpaired) electrons. The van der Waals surface area contributed by atoms with E-state index in [0.717, 1.165) is 0 Å². The van der Waals surface area contributed by atoms with Gasteiger partial charge in [-0.05, 0) is 36.5 Å². The Labute approximate surface area is 140 Å². The number of hydrogen-bond acceptors (Lipinski definition) is 5. The summed E-state index contributed by atoms with van der Waals surface area (Å²) >= 11 is 4.99. The van der Waals surface area contributed by atoms with Crippen LogP contribution in [-0.2, 0) is 19.6 Å². The lowest BCUT2D eigenvalue weighted by molar-refractivity contribution is -0.119. The highest BCUT2D eigenvalue weighted by Crippen LogP contribution is 2.19. The monoisotopic (exact) mass is 358 g/mol. The number of hydrogen-bond donors (Lipinski definition) is 3. The lowest BCUT2D eigenvalue weighted by atomic mass is 10.3. The summed E-state index contributed by atoms with van der Waals surface area (Å²) < 4.78 is 31.5. The molecule has 1 heterocycles. The first-order valence-corrected chi connectivity index (χ1v) is 8.76.